The number of fused-ring (bicyclic) bond motifs is 3. The second-order valence-corrected chi connectivity index (χ2v) is 9.15. The van der Waals surface area contributed by atoms with Crippen molar-refractivity contribution in [2.24, 2.45) is 0 Å². The van der Waals surface area contributed by atoms with Crippen molar-refractivity contribution in [3.8, 4) is 5.69 Å². The van der Waals surface area contributed by atoms with Gasteiger partial charge in [-0.05, 0) is 49.4 Å². The molecule has 3 aromatic rings. The van der Waals surface area contributed by atoms with Crippen molar-refractivity contribution in [2.75, 3.05) is 31.1 Å². The van der Waals surface area contributed by atoms with E-state index in [0.29, 0.717) is 5.02 Å². The Labute approximate surface area is 173 Å². The Balaban J connectivity index is 1.79. The summed E-state index contributed by atoms with van der Waals surface area (Å²) >= 11 is 7.99. The topological polar surface area (TPSA) is 54.7 Å². The van der Waals surface area contributed by atoms with Gasteiger partial charge in [-0.15, -0.1) is 11.3 Å². The largest absolute Gasteiger partial charge is 0.343 e. The summed E-state index contributed by atoms with van der Waals surface area (Å²) < 4.78 is 1.79. The van der Waals surface area contributed by atoms with E-state index >= 15 is 0 Å². The Morgan fingerprint density at radius 2 is 1.93 bits per heavy atom. The van der Waals surface area contributed by atoms with Crippen molar-refractivity contribution < 1.29 is 5.32 Å². The van der Waals surface area contributed by atoms with Crippen molar-refractivity contribution in [2.45, 2.75) is 32.1 Å². The zero-order valence-corrected chi connectivity index (χ0v) is 17.4. The summed E-state index contributed by atoms with van der Waals surface area (Å²) in [5.74, 6) is 0.754. The maximum atomic E-state index is 13.8. The first-order valence-electron chi connectivity index (χ1n) is 10.1. The number of halogens is 1. The molecule has 5 rings (SSSR count). The van der Waals surface area contributed by atoms with Crippen LogP contribution in [0.3, 0.4) is 0 Å². The van der Waals surface area contributed by atoms with Crippen LogP contribution >= 0.6 is 22.9 Å². The molecule has 0 unspecified atom stereocenters. The average Bonchev–Trinajstić information content (AvgIpc) is 2.90. The molecule has 5 nitrogen and oxygen atoms in total. The van der Waals surface area contributed by atoms with Crippen LogP contribution in [0.15, 0.2) is 29.1 Å². The van der Waals surface area contributed by atoms with Crippen molar-refractivity contribution in [1.29, 1.82) is 0 Å². The lowest BCUT2D eigenvalue weighted by molar-refractivity contribution is -0.655. The molecule has 1 fully saturated rings. The van der Waals surface area contributed by atoms with E-state index < -0.39 is 0 Å². The molecule has 1 aliphatic carbocycles. The third kappa shape index (κ3) is 3.13. The van der Waals surface area contributed by atoms with Crippen LogP contribution in [-0.4, -0.2) is 35.7 Å². The van der Waals surface area contributed by atoms with Crippen LogP contribution in [0.4, 0.5) is 5.95 Å². The monoisotopic (exact) mass is 415 g/mol. The molecule has 2 aromatic heterocycles. The van der Waals surface area contributed by atoms with E-state index in [1.807, 2.05) is 24.3 Å². The van der Waals surface area contributed by atoms with Crippen molar-refractivity contribution in [1.82, 2.24) is 9.55 Å². The molecule has 1 aliphatic heterocycles. The predicted molar refractivity (Wildman–Crippen MR) is 115 cm³/mol. The molecule has 0 spiro atoms. The molecular formula is C21H24ClN4OS+. The van der Waals surface area contributed by atoms with Crippen molar-refractivity contribution in [3.05, 3.63) is 50.1 Å². The second-order valence-electron chi connectivity index (χ2n) is 7.63. The standard InChI is InChI=1S/C21H23ClN4OS/c22-14-5-4-6-15(13-14)26-20(27)18-16-7-2-1-3-8-17(16)28-19(18)24-21(26)25-11-9-23-10-12-25/h4-6,13,23H,1-3,7-12H2/p+1. The van der Waals surface area contributed by atoms with Gasteiger partial charge in [0.25, 0.3) is 5.56 Å². The van der Waals surface area contributed by atoms with E-state index in [-0.39, 0.29) is 5.56 Å². The number of hydrogen-bond donors (Lipinski definition) is 1. The van der Waals surface area contributed by atoms with E-state index in [1.165, 1.54) is 23.3 Å². The molecule has 2 aliphatic rings. The van der Waals surface area contributed by atoms with Gasteiger partial charge in [0.05, 0.1) is 37.3 Å². The summed E-state index contributed by atoms with van der Waals surface area (Å²) in [5, 5.41) is 3.77. The zero-order valence-electron chi connectivity index (χ0n) is 15.8. The molecule has 3 heterocycles. The lowest BCUT2D eigenvalue weighted by Gasteiger charge is -2.28. The van der Waals surface area contributed by atoms with Crippen molar-refractivity contribution >= 4 is 39.1 Å². The fraction of sp³-hybridized carbons (Fsp3) is 0.429. The molecule has 2 N–H and O–H groups in total. The molecule has 146 valence electrons. The molecule has 0 atom stereocenters. The Hall–Kier alpha value is -1.89. The van der Waals surface area contributed by atoms with Gasteiger partial charge >= 0.3 is 0 Å². The van der Waals surface area contributed by atoms with Gasteiger partial charge in [-0.1, -0.05) is 24.1 Å². The van der Waals surface area contributed by atoms with Gasteiger partial charge < -0.3 is 10.2 Å². The third-order valence-corrected chi connectivity index (χ3v) is 7.20. The lowest BCUT2D eigenvalue weighted by Crippen LogP contribution is -2.90. The first-order valence-corrected chi connectivity index (χ1v) is 11.3. The van der Waals surface area contributed by atoms with E-state index in [1.54, 1.807) is 15.9 Å². The highest BCUT2D eigenvalue weighted by Gasteiger charge is 2.25. The summed E-state index contributed by atoms with van der Waals surface area (Å²) in [4.78, 5) is 23.4. The van der Waals surface area contributed by atoms with Crippen LogP contribution in [-0.2, 0) is 12.8 Å². The van der Waals surface area contributed by atoms with E-state index in [2.05, 4.69) is 10.2 Å². The maximum Gasteiger partial charge on any atom is 0.268 e. The fourth-order valence-corrected chi connectivity index (χ4v) is 5.81. The Morgan fingerprint density at radius 3 is 2.75 bits per heavy atom. The van der Waals surface area contributed by atoms with Gasteiger partial charge in [0, 0.05) is 9.90 Å². The minimum absolute atomic E-state index is 0.0521. The first kappa shape index (κ1) is 18.2. The van der Waals surface area contributed by atoms with Gasteiger partial charge in [0.1, 0.15) is 4.83 Å². The second kappa shape index (κ2) is 7.50. The van der Waals surface area contributed by atoms with Crippen LogP contribution in [0.2, 0.25) is 5.02 Å². The van der Waals surface area contributed by atoms with E-state index in [4.69, 9.17) is 16.6 Å². The molecular weight excluding hydrogens is 392 g/mol. The summed E-state index contributed by atoms with van der Waals surface area (Å²) in [5.41, 5.74) is 2.09. The highest BCUT2D eigenvalue weighted by molar-refractivity contribution is 7.18. The molecule has 0 amide bonds. The highest BCUT2D eigenvalue weighted by atomic mass is 35.5. The Morgan fingerprint density at radius 1 is 1.11 bits per heavy atom. The third-order valence-electron chi connectivity index (χ3n) is 5.78. The van der Waals surface area contributed by atoms with Gasteiger partial charge in [-0.25, -0.2) is 9.55 Å². The Kier molecular flexibility index (Phi) is 4.87. The lowest BCUT2D eigenvalue weighted by atomic mass is 10.1. The summed E-state index contributed by atoms with van der Waals surface area (Å²) in [6.45, 7) is 3.82. The number of rotatable bonds is 2. The van der Waals surface area contributed by atoms with Gasteiger partial charge in [0.2, 0.25) is 5.95 Å². The molecule has 0 bridgehead atoms. The van der Waals surface area contributed by atoms with Crippen LogP contribution < -0.4 is 15.8 Å². The number of quaternary nitrogens is 1. The highest BCUT2D eigenvalue weighted by Crippen LogP contribution is 2.34. The zero-order chi connectivity index (χ0) is 19.1. The maximum absolute atomic E-state index is 13.8. The minimum Gasteiger partial charge on any atom is -0.343 e. The van der Waals surface area contributed by atoms with Crippen LogP contribution in [0.5, 0.6) is 0 Å². The number of thiophene rings is 1. The van der Waals surface area contributed by atoms with E-state index in [0.717, 1.165) is 67.3 Å². The normalized spacial score (nSPS) is 17.5. The number of benzene rings is 1. The van der Waals surface area contributed by atoms with E-state index in [9.17, 15) is 4.79 Å². The molecule has 7 heteroatoms. The number of piperazine rings is 1. The molecule has 0 radical (unpaired) electrons. The number of aromatic nitrogens is 2. The average molecular weight is 416 g/mol. The summed E-state index contributed by atoms with van der Waals surface area (Å²) in [6, 6.07) is 7.55. The van der Waals surface area contributed by atoms with Gasteiger partial charge in [0.15, 0.2) is 0 Å². The van der Waals surface area contributed by atoms with Crippen LogP contribution in [0.1, 0.15) is 29.7 Å². The minimum atomic E-state index is 0.0521. The summed E-state index contributed by atoms with van der Waals surface area (Å²) in [6.07, 6.45) is 5.65. The quantitative estimate of drug-likeness (QED) is 0.655. The summed E-state index contributed by atoms with van der Waals surface area (Å²) in [7, 11) is 0. The van der Waals surface area contributed by atoms with Crippen LogP contribution in [0.25, 0.3) is 15.9 Å². The predicted octanol–water partition coefficient (Wildman–Crippen LogP) is 2.75. The molecule has 1 saturated heterocycles. The van der Waals surface area contributed by atoms with Gasteiger partial charge in [-0.3, -0.25) is 4.79 Å². The number of nitrogens with zero attached hydrogens (tertiary/aromatic N) is 3. The molecule has 1 aromatic carbocycles. The number of aryl methyl sites for hydroxylation is 2. The molecule has 28 heavy (non-hydrogen) atoms. The van der Waals surface area contributed by atoms with Crippen molar-refractivity contribution in [3.63, 3.8) is 0 Å². The first-order chi connectivity index (χ1) is 13.7. The van der Waals surface area contributed by atoms with Gasteiger partial charge in [-0.2, -0.15) is 0 Å². The smallest absolute Gasteiger partial charge is 0.268 e. The SMILES string of the molecule is O=c1c2c3c(sc2nc(N2CC[NH2+]CC2)n1-c1cccc(Cl)c1)CCCCC3. The van der Waals surface area contributed by atoms with Crippen LogP contribution in [0, 0.1) is 0 Å². The molecule has 0 saturated carbocycles. The Bertz CT molecular complexity index is 1080. The fourth-order valence-electron chi connectivity index (χ4n) is 4.38. The number of anilines is 1. The number of nitrogens with two attached hydrogens (primary N) is 1. The number of hydrogen-bond acceptors (Lipinski definition) is 4.